The lowest BCUT2D eigenvalue weighted by Crippen LogP contribution is -2.37. The summed E-state index contributed by atoms with van der Waals surface area (Å²) in [6.07, 6.45) is 19.5. The van der Waals surface area contributed by atoms with Gasteiger partial charge in [0.05, 0.1) is 0 Å². The molecule has 0 unspecified atom stereocenters. The third-order valence-electron chi connectivity index (χ3n) is 19.5. The van der Waals surface area contributed by atoms with Crippen molar-refractivity contribution in [3.05, 3.63) is 134 Å². The van der Waals surface area contributed by atoms with Crippen molar-refractivity contribution >= 4 is 118 Å². The monoisotopic (exact) mass is 1090 g/mol. The lowest BCUT2D eigenvalue weighted by molar-refractivity contribution is 0.384. The Bertz CT molecular complexity index is 4480. The number of nitrogens with zero attached hydrogens (tertiary/aromatic N) is 2. The number of hydrogen-bond acceptors (Lipinski definition) is 6. The van der Waals surface area contributed by atoms with E-state index in [4.69, 9.17) is 0 Å². The van der Waals surface area contributed by atoms with E-state index in [1.807, 2.05) is 36.4 Å². The fourth-order valence-corrected chi connectivity index (χ4v) is 15.1. The van der Waals surface area contributed by atoms with Crippen LogP contribution in [0.3, 0.4) is 0 Å². The molecule has 12 rings (SSSR count). The number of unbranched alkanes of at least 4 members (excludes halogenated alkanes) is 12. The number of rotatable bonds is 22. The molecule has 8 heteroatoms. The molecule has 0 saturated carbocycles. The van der Waals surface area contributed by atoms with Gasteiger partial charge in [-0.25, -0.2) is 0 Å². The van der Waals surface area contributed by atoms with Gasteiger partial charge in [-0.2, -0.15) is 0 Å². The highest BCUT2D eigenvalue weighted by molar-refractivity contribution is 6.53. The molecule has 0 bridgehead atoms. The SMILES string of the molecule is CCCCCCC(CCCCCC)n1c(=O)c2ccc3c4ccc5c(=O)n(C(CCCCCC)CCCCCC)c(=O)c6cc7c8c9cc(C(C)(C)C)cc%10c(=O)c(=O)c%11cc(C(C)(C)C)cc(c%11c%109)c8c8cc(c1=O)c2c3c8c7c4c56. The van der Waals surface area contributed by atoms with Crippen LogP contribution < -0.4 is 33.1 Å². The molecule has 0 fully saturated rings. The quantitative estimate of drug-likeness (QED) is 0.0289. The maximum Gasteiger partial charge on any atom is 0.261 e. The van der Waals surface area contributed by atoms with Crippen LogP contribution in [-0.2, 0) is 10.8 Å². The molecule has 0 aliphatic carbocycles. The first-order valence-electron chi connectivity index (χ1n) is 31.6. The molecular formula is C74H82N2O6. The van der Waals surface area contributed by atoms with E-state index >= 15 is 19.2 Å². The standard InChI is InChI=1S/C74H82N2O6/c1-11-15-19-23-27-43(28-24-20-16-12-2)75-69(79)47-33-31-45-46-32-34-48-58-56(72(82)76(70(48)80)44(29-25-21-17-13-3)30-26-22-18-14-4)40-52-60-50-36-42(74(8,9)10)38-54-62(50)61-49(35-41(73(5,6)7)37-53(61)67(77)68(54)78)59(60)51-39-55(71(75)81)57(47)63(45)65(51)66(52)64(46)58/h31-40,43-44H,11-30H2,1-10H3. The molecule has 0 atom stereocenters. The summed E-state index contributed by atoms with van der Waals surface area (Å²) < 4.78 is 3.23. The van der Waals surface area contributed by atoms with Crippen LogP contribution in [0.15, 0.2) is 89.4 Å². The summed E-state index contributed by atoms with van der Waals surface area (Å²) in [5.74, 6) is 0. The first kappa shape index (κ1) is 55.7. The first-order valence-corrected chi connectivity index (χ1v) is 31.6. The Morgan fingerprint density at radius 3 is 0.866 bits per heavy atom. The number of hydrogen-bond donors (Lipinski definition) is 0. The Hall–Kier alpha value is -6.80. The van der Waals surface area contributed by atoms with Gasteiger partial charge in [0.25, 0.3) is 22.2 Å². The molecule has 82 heavy (non-hydrogen) atoms. The second-order valence-electron chi connectivity index (χ2n) is 27.0. The summed E-state index contributed by atoms with van der Waals surface area (Å²) in [7, 11) is 0. The molecule has 10 aromatic carbocycles. The molecule has 0 aliphatic rings. The van der Waals surface area contributed by atoms with Crippen LogP contribution in [0, 0.1) is 0 Å². The molecule has 2 aromatic heterocycles. The summed E-state index contributed by atoms with van der Waals surface area (Å²) in [5, 5.41) is 15.4. The topological polar surface area (TPSA) is 112 Å². The van der Waals surface area contributed by atoms with E-state index in [1.54, 1.807) is 9.13 Å². The van der Waals surface area contributed by atoms with E-state index < -0.39 is 21.7 Å². The number of fused-ring (bicyclic) bond motifs is 6. The molecule has 12 aromatic rings. The zero-order chi connectivity index (χ0) is 57.8. The van der Waals surface area contributed by atoms with Gasteiger partial charge < -0.3 is 0 Å². The lowest BCUT2D eigenvalue weighted by Gasteiger charge is -2.27. The van der Waals surface area contributed by atoms with Crippen molar-refractivity contribution in [2.45, 2.75) is 221 Å². The Labute approximate surface area is 479 Å². The minimum Gasteiger partial charge on any atom is -0.285 e. The summed E-state index contributed by atoms with van der Waals surface area (Å²) in [6, 6.07) is 19.8. The van der Waals surface area contributed by atoms with E-state index in [1.165, 1.54) is 0 Å². The Morgan fingerprint density at radius 2 is 0.549 bits per heavy atom. The molecule has 0 saturated heterocycles. The van der Waals surface area contributed by atoms with Crippen LogP contribution >= 0.6 is 0 Å². The average molecular weight is 1100 g/mol. The molecule has 8 nitrogen and oxygen atoms in total. The van der Waals surface area contributed by atoms with Gasteiger partial charge in [-0.3, -0.25) is 37.9 Å². The molecule has 0 amide bonds. The fraction of sp³-hybridized carbons (Fsp3) is 0.459. The highest BCUT2D eigenvalue weighted by Crippen LogP contribution is 2.55. The van der Waals surface area contributed by atoms with Crippen molar-refractivity contribution < 1.29 is 0 Å². The van der Waals surface area contributed by atoms with Gasteiger partial charge in [-0.15, -0.1) is 0 Å². The molecule has 0 spiro atoms. The van der Waals surface area contributed by atoms with E-state index in [0.717, 1.165) is 204 Å². The predicted molar refractivity (Wildman–Crippen MR) is 350 cm³/mol. The van der Waals surface area contributed by atoms with Gasteiger partial charge in [0.1, 0.15) is 0 Å². The number of benzene rings is 10. The zero-order valence-corrected chi connectivity index (χ0v) is 50.4. The van der Waals surface area contributed by atoms with Gasteiger partial charge in [-0.1, -0.05) is 184 Å². The first-order chi connectivity index (χ1) is 39.4. The van der Waals surface area contributed by atoms with Gasteiger partial charge in [-0.05, 0) is 161 Å². The van der Waals surface area contributed by atoms with Crippen LogP contribution in [0.4, 0.5) is 0 Å². The zero-order valence-electron chi connectivity index (χ0n) is 50.4. The predicted octanol–water partition coefficient (Wildman–Crippen LogP) is 18.3. The molecule has 0 radical (unpaired) electrons. The van der Waals surface area contributed by atoms with Crippen molar-refractivity contribution in [3.63, 3.8) is 0 Å². The average Bonchev–Trinajstić information content (AvgIpc) is 3.23. The maximum atomic E-state index is 16.0. The highest BCUT2D eigenvalue weighted by Gasteiger charge is 2.33. The lowest BCUT2D eigenvalue weighted by atomic mass is 9.76. The van der Waals surface area contributed by atoms with Crippen LogP contribution in [0.2, 0.25) is 0 Å². The van der Waals surface area contributed by atoms with Crippen molar-refractivity contribution in [1.82, 2.24) is 9.13 Å². The fourth-order valence-electron chi connectivity index (χ4n) is 15.1. The van der Waals surface area contributed by atoms with Gasteiger partial charge in [0, 0.05) is 65.9 Å². The Balaban J connectivity index is 1.34. The van der Waals surface area contributed by atoms with Crippen LogP contribution in [0.1, 0.15) is 221 Å². The maximum absolute atomic E-state index is 16.0. The molecule has 2 heterocycles. The molecular weight excluding hydrogens is 1010 g/mol. The summed E-state index contributed by atoms with van der Waals surface area (Å²) in [5.41, 5.74) is -1.25. The number of pyridine rings is 2. The van der Waals surface area contributed by atoms with E-state index in [2.05, 4.69) is 93.5 Å². The summed E-state index contributed by atoms with van der Waals surface area (Å²) in [4.78, 5) is 93.0. The van der Waals surface area contributed by atoms with Crippen molar-refractivity contribution in [2.75, 3.05) is 0 Å². The minimum absolute atomic E-state index is 0.258. The largest absolute Gasteiger partial charge is 0.285 e. The second kappa shape index (κ2) is 21.1. The van der Waals surface area contributed by atoms with E-state index in [9.17, 15) is 9.59 Å². The molecule has 0 aliphatic heterocycles. The molecule has 0 N–H and O–H groups in total. The Morgan fingerprint density at radius 1 is 0.293 bits per heavy atom. The third-order valence-corrected chi connectivity index (χ3v) is 19.5. The normalized spacial score (nSPS) is 13.3. The van der Waals surface area contributed by atoms with Gasteiger partial charge in [0.2, 0.25) is 10.9 Å². The minimum atomic E-state index is -0.538. The molecule has 424 valence electrons. The highest BCUT2D eigenvalue weighted by atomic mass is 16.2. The van der Waals surface area contributed by atoms with Crippen molar-refractivity contribution in [2.24, 2.45) is 0 Å². The van der Waals surface area contributed by atoms with Gasteiger partial charge >= 0.3 is 0 Å². The van der Waals surface area contributed by atoms with Crippen LogP contribution in [0.25, 0.3) is 118 Å². The van der Waals surface area contributed by atoms with E-state index in [0.29, 0.717) is 53.9 Å². The van der Waals surface area contributed by atoms with Crippen molar-refractivity contribution in [3.8, 4) is 0 Å². The summed E-state index contributed by atoms with van der Waals surface area (Å²) in [6.45, 7) is 21.5. The second-order valence-corrected chi connectivity index (χ2v) is 27.0. The van der Waals surface area contributed by atoms with Gasteiger partial charge in [0.15, 0.2) is 0 Å². The van der Waals surface area contributed by atoms with Crippen LogP contribution in [-0.4, -0.2) is 9.13 Å². The van der Waals surface area contributed by atoms with Crippen LogP contribution in [0.5, 0.6) is 0 Å². The number of aromatic nitrogens is 2. The van der Waals surface area contributed by atoms with E-state index in [-0.39, 0.29) is 34.3 Å². The third kappa shape index (κ3) is 8.55. The van der Waals surface area contributed by atoms with Crippen molar-refractivity contribution in [1.29, 1.82) is 0 Å². The smallest absolute Gasteiger partial charge is 0.261 e. The summed E-state index contributed by atoms with van der Waals surface area (Å²) >= 11 is 0. The Kier molecular flexibility index (Phi) is 14.4.